The molecule has 110 valence electrons. The molecule has 0 heterocycles. The minimum atomic E-state index is 0.354. The zero-order chi connectivity index (χ0) is 14.9. The first-order chi connectivity index (χ1) is 10.3. The number of rotatable bonds is 6. The second-order valence-corrected chi connectivity index (χ2v) is 4.83. The number of halogens is 1. The van der Waals surface area contributed by atoms with Crippen LogP contribution in [0.5, 0.6) is 5.75 Å². The Bertz CT molecular complexity index is 640. The van der Waals surface area contributed by atoms with Gasteiger partial charge in [-0.1, -0.05) is 24.0 Å². The number of ether oxygens (including phenoxy) is 2. The molecule has 0 amide bonds. The van der Waals surface area contributed by atoms with E-state index < -0.39 is 0 Å². The maximum atomic E-state index is 5.73. The Labute approximate surface area is 131 Å². The second-order valence-electron chi connectivity index (χ2n) is 4.56. The maximum Gasteiger partial charge on any atom is 0.119 e. The molecule has 21 heavy (non-hydrogen) atoms. The van der Waals surface area contributed by atoms with E-state index >= 15 is 0 Å². The predicted octanol–water partition coefficient (Wildman–Crippen LogP) is 4.24. The molecule has 3 heteroatoms. The highest BCUT2D eigenvalue weighted by molar-refractivity contribution is 6.19. The van der Waals surface area contributed by atoms with Gasteiger partial charge in [-0.05, 0) is 42.0 Å². The molecular weight excluding hydrogens is 284 g/mol. The van der Waals surface area contributed by atoms with Gasteiger partial charge < -0.3 is 9.47 Å². The highest BCUT2D eigenvalue weighted by Crippen LogP contribution is 2.22. The molecule has 0 aliphatic rings. The molecule has 2 nitrogen and oxygen atoms in total. The first-order valence-electron chi connectivity index (χ1n) is 7.12. The highest BCUT2D eigenvalue weighted by atomic mass is 35.5. The van der Waals surface area contributed by atoms with E-state index in [1.165, 1.54) is 0 Å². The molecule has 2 aromatic carbocycles. The average Bonchev–Trinajstić information content (AvgIpc) is 2.52. The standard InChI is InChI=1S/C18H19ClO2/c1-2-20-11-4-12-21-18-9-8-16-13-15(5-3-10-19)6-7-17(16)14-18/h6-9,13-14H,2,4,10-12H2,1H3. The molecule has 0 aliphatic heterocycles. The third-order valence-electron chi connectivity index (χ3n) is 3.02. The molecule has 0 aromatic heterocycles. The summed E-state index contributed by atoms with van der Waals surface area (Å²) in [7, 11) is 0. The van der Waals surface area contributed by atoms with Gasteiger partial charge in [-0.15, -0.1) is 11.6 Å². The molecule has 0 saturated heterocycles. The number of benzene rings is 2. The largest absolute Gasteiger partial charge is 0.493 e. The summed E-state index contributed by atoms with van der Waals surface area (Å²) in [6.45, 7) is 4.17. The molecule has 0 unspecified atom stereocenters. The summed E-state index contributed by atoms with van der Waals surface area (Å²) >= 11 is 5.57. The van der Waals surface area contributed by atoms with Crippen LogP contribution in [0.4, 0.5) is 0 Å². The molecule has 0 atom stereocenters. The molecule has 2 rings (SSSR count). The summed E-state index contributed by atoms with van der Waals surface area (Å²) in [5, 5.41) is 2.30. The summed E-state index contributed by atoms with van der Waals surface area (Å²) in [5.41, 5.74) is 0.980. The van der Waals surface area contributed by atoms with E-state index in [-0.39, 0.29) is 0 Å². The van der Waals surface area contributed by atoms with Crippen LogP contribution < -0.4 is 4.74 Å². The normalized spacial score (nSPS) is 10.2. The second kappa shape index (κ2) is 8.56. The lowest BCUT2D eigenvalue weighted by atomic mass is 10.1. The van der Waals surface area contributed by atoms with Gasteiger partial charge in [0.25, 0.3) is 0 Å². The van der Waals surface area contributed by atoms with Crippen molar-refractivity contribution in [1.29, 1.82) is 0 Å². The van der Waals surface area contributed by atoms with Gasteiger partial charge in [0.05, 0.1) is 12.5 Å². The SMILES string of the molecule is CCOCCCOc1ccc2cc(C#CCCl)ccc2c1. The fraction of sp³-hybridized carbons (Fsp3) is 0.333. The van der Waals surface area contributed by atoms with Gasteiger partial charge in [-0.2, -0.15) is 0 Å². The molecule has 0 radical (unpaired) electrons. The summed E-state index contributed by atoms with van der Waals surface area (Å²) in [6, 6.07) is 12.2. The lowest BCUT2D eigenvalue weighted by Gasteiger charge is -2.07. The van der Waals surface area contributed by atoms with Gasteiger partial charge in [0, 0.05) is 25.2 Å². The Morgan fingerprint density at radius 2 is 1.86 bits per heavy atom. The summed E-state index contributed by atoms with van der Waals surface area (Å²) in [6.07, 6.45) is 0.902. The van der Waals surface area contributed by atoms with Crippen LogP contribution in [0, 0.1) is 11.8 Å². The van der Waals surface area contributed by atoms with Crippen LogP contribution in [0.3, 0.4) is 0 Å². The zero-order valence-corrected chi connectivity index (χ0v) is 13.0. The summed E-state index contributed by atoms with van der Waals surface area (Å²) in [4.78, 5) is 0. The van der Waals surface area contributed by atoms with Crippen LogP contribution in [0.15, 0.2) is 36.4 Å². The first-order valence-corrected chi connectivity index (χ1v) is 7.66. The Morgan fingerprint density at radius 3 is 2.67 bits per heavy atom. The topological polar surface area (TPSA) is 18.5 Å². The monoisotopic (exact) mass is 302 g/mol. The Kier molecular flexibility index (Phi) is 6.40. The maximum absolute atomic E-state index is 5.73. The van der Waals surface area contributed by atoms with Crippen molar-refractivity contribution in [3.63, 3.8) is 0 Å². The van der Waals surface area contributed by atoms with E-state index in [1.54, 1.807) is 0 Å². The number of fused-ring (bicyclic) bond motifs is 1. The van der Waals surface area contributed by atoms with E-state index in [0.29, 0.717) is 12.5 Å². The van der Waals surface area contributed by atoms with Gasteiger partial charge in [-0.3, -0.25) is 0 Å². The Morgan fingerprint density at radius 1 is 1.05 bits per heavy atom. The Balaban J connectivity index is 2.01. The van der Waals surface area contributed by atoms with Crippen molar-refractivity contribution in [3.05, 3.63) is 42.0 Å². The van der Waals surface area contributed by atoms with E-state index in [2.05, 4.69) is 36.1 Å². The van der Waals surface area contributed by atoms with Crippen molar-refractivity contribution in [1.82, 2.24) is 0 Å². The van der Waals surface area contributed by atoms with Crippen molar-refractivity contribution >= 4 is 22.4 Å². The third kappa shape index (κ3) is 4.97. The van der Waals surface area contributed by atoms with Crippen LogP contribution in [-0.2, 0) is 4.74 Å². The number of alkyl halides is 1. The summed E-state index contributed by atoms with van der Waals surface area (Å²) < 4.78 is 11.0. The van der Waals surface area contributed by atoms with Gasteiger partial charge in [0.15, 0.2) is 0 Å². The van der Waals surface area contributed by atoms with Crippen molar-refractivity contribution in [2.75, 3.05) is 25.7 Å². The minimum Gasteiger partial charge on any atom is -0.493 e. The summed E-state index contributed by atoms with van der Waals surface area (Å²) in [5.74, 6) is 7.13. The number of hydrogen-bond acceptors (Lipinski definition) is 2. The molecule has 2 aromatic rings. The van der Waals surface area contributed by atoms with Crippen molar-refractivity contribution in [2.45, 2.75) is 13.3 Å². The number of hydrogen-bond donors (Lipinski definition) is 0. The average molecular weight is 303 g/mol. The van der Waals surface area contributed by atoms with Crippen molar-refractivity contribution < 1.29 is 9.47 Å². The van der Waals surface area contributed by atoms with Gasteiger partial charge in [0.2, 0.25) is 0 Å². The fourth-order valence-electron chi connectivity index (χ4n) is 2.02. The van der Waals surface area contributed by atoms with Crippen LogP contribution in [0.25, 0.3) is 10.8 Å². The lowest BCUT2D eigenvalue weighted by molar-refractivity contribution is 0.131. The predicted molar refractivity (Wildman–Crippen MR) is 88.2 cm³/mol. The lowest BCUT2D eigenvalue weighted by Crippen LogP contribution is -2.02. The van der Waals surface area contributed by atoms with Gasteiger partial charge in [0.1, 0.15) is 5.75 Å². The smallest absolute Gasteiger partial charge is 0.119 e. The van der Waals surface area contributed by atoms with E-state index in [1.807, 2.05) is 19.1 Å². The molecule has 0 N–H and O–H groups in total. The Hall–Kier alpha value is -1.69. The molecule has 0 spiro atoms. The fourth-order valence-corrected chi connectivity index (χ4v) is 2.09. The van der Waals surface area contributed by atoms with E-state index in [0.717, 1.165) is 41.7 Å². The molecular formula is C18H19ClO2. The van der Waals surface area contributed by atoms with Gasteiger partial charge >= 0.3 is 0 Å². The highest BCUT2D eigenvalue weighted by Gasteiger charge is 1.99. The zero-order valence-electron chi connectivity index (χ0n) is 12.2. The van der Waals surface area contributed by atoms with Crippen LogP contribution in [0.2, 0.25) is 0 Å². The third-order valence-corrected chi connectivity index (χ3v) is 3.15. The molecule has 0 bridgehead atoms. The van der Waals surface area contributed by atoms with Gasteiger partial charge in [-0.25, -0.2) is 0 Å². The van der Waals surface area contributed by atoms with Crippen molar-refractivity contribution in [3.8, 4) is 17.6 Å². The van der Waals surface area contributed by atoms with Crippen LogP contribution >= 0.6 is 11.6 Å². The van der Waals surface area contributed by atoms with Crippen LogP contribution in [0.1, 0.15) is 18.9 Å². The molecule has 0 saturated carbocycles. The van der Waals surface area contributed by atoms with E-state index in [4.69, 9.17) is 21.1 Å². The molecule has 0 aliphatic carbocycles. The van der Waals surface area contributed by atoms with E-state index in [9.17, 15) is 0 Å². The van der Waals surface area contributed by atoms with Crippen LogP contribution in [-0.4, -0.2) is 25.7 Å². The van der Waals surface area contributed by atoms with Crippen molar-refractivity contribution in [2.24, 2.45) is 0 Å². The quantitative estimate of drug-likeness (QED) is 0.451. The first kappa shape index (κ1) is 15.7. The minimum absolute atomic E-state index is 0.354. The molecule has 0 fully saturated rings.